The molecule has 1 saturated carbocycles. The molecule has 1 fully saturated rings. The molecule has 3 aromatic rings. The van der Waals surface area contributed by atoms with Gasteiger partial charge in [-0.25, -0.2) is 13.9 Å². The van der Waals surface area contributed by atoms with Crippen LogP contribution >= 0.6 is 0 Å². The number of ether oxygens (including phenoxy) is 1. The maximum absolute atomic E-state index is 13.2. The van der Waals surface area contributed by atoms with Crippen molar-refractivity contribution in [3.63, 3.8) is 0 Å². The first-order valence-corrected chi connectivity index (χ1v) is 11.6. The van der Waals surface area contributed by atoms with Crippen molar-refractivity contribution in [2.75, 3.05) is 0 Å². The molecule has 31 heavy (non-hydrogen) atoms. The molecule has 3 unspecified atom stereocenters. The van der Waals surface area contributed by atoms with Gasteiger partial charge in [0, 0.05) is 0 Å². The number of benzene rings is 2. The van der Waals surface area contributed by atoms with E-state index >= 15 is 0 Å². The van der Waals surface area contributed by atoms with Gasteiger partial charge in [0.05, 0.1) is 12.6 Å². The largest absolute Gasteiger partial charge is 0.459 e. The summed E-state index contributed by atoms with van der Waals surface area (Å²) in [6, 6.07) is 16.7. The van der Waals surface area contributed by atoms with Gasteiger partial charge in [-0.15, -0.1) is 0 Å². The van der Waals surface area contributed by atoms with Gasteiger partial charge in [-0.2, -0.15) is 0 Å². The second-order valence-corrected chi connectivity index (χ2v) is 9.68. The summed E-state index contributed by atoms with van der Waals surface area (Å²) in [5, 5.41) is 0. The van der Waals surface area contributed by atoms with Crippen LogP contribution in [0, 0.1) is 24.7 Å². The minimum absolute atomic E-state index is 0.0228. The zero-order chi connectivity index (χ0) is 22.1. The topological polar surface area (TPSA) is 35.1 Å². The number of nitrogens with zero attached hydrogens (tertiary/aromatic N) is 2. The second kappa shape index (κ2) is 8.86. The Morgan fingerprint density at radius 1 is 1.13 bits per heavy atom. The third kappa shape index (κ3) is 4.39. The summed E-state index contributed by atoms with van der Waals surface area (Å²) in [6.45, 7) is 9.08. The Hall–Kier alpha value is -2.62. The fourth-order valence-electron chi connectivity index (χ4n) is 5.18. The predicted octanol–water partition coefficient (Wildman–Crippen LogP) is 5.45. The molecule has 4 rings (SSSR count). The Balaban J connectivity index is 1.67. The lowest BCUT2D eigenvalue weighted by atomic mass is 9.75. The molecule has 1 aromatic heterocycles. The van der Waals surface area contributed by atoms with Gasteiger partial charge < -0.3 is 4.74 Å². The third-order valence-corrected chi connectivity index (χ3v) is 6.95. The molecular weight excluding hydrogens is 384 g/mol. The highest BCUT2D eigenvalue weighted by molar-refractivity contribution is 5.79. The van der Waals surface area contributed by atoms with Crippen LogP contribution in [-0.2, 0) is 23.1 Å². The van der Waals surface area contributed by atoms with Crippen LogP contribution in [0.25, 0.3) is 22.4 Å². The number of fused-ring (bicyclic) bond motifs is 1. The van der Waals surface area contributed by atoms with Crippen LogP contribution in [-0.4, -0.2) is 16.6 Å². The Kier molecular flexibility index (Phi) is 6.17. The van der Waals surface area contributed by atoms with Gasteiger partial charge in [0.1, 0.15) is 6.10 Å². The first-order chi connectivity index (χ1) is 14.8. The number of rotatable bonds is 5. The molecule has 0 amide bonds. The zero-order valence-corrected chi connectivity index (χ0v) is 19.5. The SMILES string of the molecule is Cc1ccc(-c2n(CC(=O)OC3CC(C)CCC3C(C)C)c3ccccc3[n+]2C)cc1. The van der Waals surface area contributed by atoms with Crippen LogP contribution in [0.2, 0.25) is 0 Å². The number of imidazole rings is 1. The van der Waals surface area contributed by atoms with Crippen molar-refractivity contribution in [1.82, 2.24) is 4.57 Å². The fourth-order valence-corrected chi connectivity index (χ4v) is 5.18. The summed E-state index contributed by atoms with van der Waals surface area (Å²) >= 11 is 0. The Bertz CT molecular complexity index is 1060. The van der Waals surface area contributed by atoms with E-state index in [9.17, 15) is 4.79 Å². The molecule has 0 bridgehead atoms. The predicted molar refractivity (Wildman–Crippen MR) is 125 cm³/mol. The molecular formula is C27H35N2O2+. The van der Waals surface area contributed by atoms with Gasteiger partial charge in [-0.05, 0) is 61.8 Å². The van der Waals surface area contributed by atoms with Crippen molar-refractivity contribution in [2.24, 2.45) is 24.8 Å². The smallest absolute Gasteiger partial charge is 0.348 e. The summed E-state index contributed by atoms with van der Waals surface area (Å²) in [4.78, 5) is 13.2. The summed E-state index contributed by atoms with van der Waals surface area (Å²) in [7, 11) is 2.07. The summed E-state index contributed by atoms with van der Waals surface area (Å²) in [6.07, 6.45) is 3.37. The average Bonchev–Trinajstić information content (AvgIpc) is 3.00. The number of aryl methyl sites for hydroxylation is 2. The van der Waals surface area contributed by atoms with Crippen LogP contribution in [0.1, 0.15) is 45.6 Å². The van der Waals surface area contributed by atoms with E-state index in [0.717, 1.165) is 35.3 Å². The Labute approximate surface area is 185 Å². The van der Waals surface area contributed by atoms with E-state index in [4.69, 9.17) is 4.74 Å². The molecule has 4 nitrogen and oxygen atoms in total. The first kappa shape index (κ1) is 21.6. The molecule has 3 atom stereocenters. The Morgan fingerprint density at radius 3 is 2.55 bits per heavy atom. The highest BCUT2D eigenvalue weighted by Crippen LogP contribution is 2.35. The van der Waals surface area contributed by atoms with Crippen LogP contribution in [0.4, 0.5) is 0 Å². The number of hydrogen-bond donors (Lipinski definition) is 0. The number of esters is 1. The van der Waals surface area contributed by atoms with E-state index in [1.54, 1.807) is 0 Å². The summed E-state index contributed by atoms with van der Waals surface area (Å²) in [5.74, 6) is 2.48. The lowest BCUT2D eigenvalue weighted by molar-refractivity contribution is -0.634. The normalized spacial score (nSPS) is 21.5. The highest BCUT2D eigenvalue weighted by Gasteiger charge is 2.34. The van der Waals surface area contributed by atoms with Crippen LogP contribution in [0.3, 0.4) is 0 Å². The van der Waals surface area contributed by atoms with Gasteiger partial charge in [-0.3, -0.25) is 0 Å². The average molecular weight is 420 g/mol. The third-order valence-electron chi connectivity index (χ3n) is 6.95. The molecule has 2 aromatic carbocycles. The van der Waals surface area contributed by atoms with Gasteiger partial charge in [0.25, 0.3) is 5.82 Å². The number of aromatic nitrogens is 2. The fraction of sp³-hybridized carbons (Fsp3) is 0.481. The molecule has 164 valence electrons. The van der Waals surface area contributed by atoms with Crippen LogP contribution < -0.4 is 4.57 Å². The number of carbonyl (C=O) groups is 1. The second-order valence-electron chi connectivity index (χ2n) is 9.68. The van der Waals surface area contributed by atoms with E-state index in [2.05, 4.69) is 80.3 Å². The highest BCUT2D eigenvalue weighted by atomic mass is 16.5. The number of para-hydroxylation sites is 2. The van der Waals surface area contributed by atoms with Crippen molar-refractivity contribution >= 4 is 17.0 Å². The lowest BCUT2D eigenvalue weighted by Crippen LogP contribution is -2.37. The molecule has 0 spiro atoms. The van der Waals surface area contributed by atoms with Crippen molar-refractivity contribution < 1.29 is 14.1 Å². The van der Waals surface area contributed by atoms with E-state index in [1.165, 1.54) is 12.0 Å². The molecule has 1 aliphatic rings. The molecule has 1 aliphatic carbocycles. The molecule has 0 aliphatic heterocycles. The van der Waals surface area contributed by atoms with Gasteiger partial charge in [0.2, 0.25) is 0 Å². The molecule has 1 heterocycles. The van der Waals surface area contributed by atoms with Crippen molar-refractivity contribution in [1.29, 1.82) is 0 Å². The standard InChI is InChI=1S/C27H35N2O2/c1-18(2)22-15-12-20(4)16-25(22)31-26(30)17-29-24-9-7-6-8-23(24)28(5)27(29)21-13-10-19(3)11-14-21/h6-11,13-14,18,20,22,25H,12,15-17H2,1-5H3/q+1. The molecule has 4 heteroatoms. The zero-order valence-electron chi connectivity index (χ0n) is 19.5. The van der Waals surface area contributed by atoms with Crippen LogP contribution in [0.15, 0.2) is 48.5 Å². The van der Waals surface area contributed by atoms with Gasteiger partial charge >= 0.3 is 5.97 Å². The Morgan fingerprint density at radius 2 is 1.84 bits per heavy atom. The maximum atomic E-state index is 13.2. The lowest BCUT2D eigenvalue weighted by Gasteiger charge is -2.36. The summed E-state index contributed by atoms with van der Waals surface area (Å²) in [5.41, 5.74) is 4.48. The van der Waals surface area contributed by atoms with Crippen molar-refractivity contribution in [3.05, 3.63) is 54.1 Å². The van der Waals surface area contributed by atoms with E-state index in [0.29, 0.717) is 17.8 Å². The van der Waals surface area contributed by atoms with Crippen molar-refractivity contribution in [3.8, 4) is 11.4 Å². The van der Waals surface area contributed by atoms with Gasteiger partial charge in [-0.1, -0.05) is 57.0 Å². The summed E-state index contributed by atoms with van der Waals surface area (Å²) < 4.78 is 10.4. The number of carbonyl (C=O) groups excluding carboxylic acids is 1. The number of hydrogen-bond acceptors (Lipinski definition) is 2. The molecule has 0 saturated heterocycles. The van der Waals surface area contributed by atoms with E-state index in [1.807, 2.05) is 12.1 Å². The first-order valence-electron chi connectivity index (χ1n) is 11.6. The van der Waals surface area contributed by atoms with Crippen LogP contribution in [0.5, 0.6) is 0 Å². The van der Waals surface area contributed by atoms with E-state index in [-0.39, 0.29) is 18.6 Å². The monoisotopic (exact) mass is 419 g/mol. The maximum Gasteiger partial charge on any atom is 0.348 e. The van der Waals surface area contributed by atoms with Crippen molar-refractivity contribution in [2.45, 2.75) is 59.6 Å². The minimum atomic E-state index is -0.139. The minimum Gasteiger partial charge on any atom is -0.459 e. The van der Waals surface area contributed by atoms with E-state index < -0.39 is 0 Å². The van der Waals surface area contributed by atoms with Gasteiger partial charge in [0.15, 0.2) is 17.6 Å². The molecule has 0 radical (unpaired) electrons. The quantitative estimate of drug-likeness (QED) is 0.407. The molecule has 0 N–H and O–H groups in total.